The number of ether oxygens (including phenoxy) is 1. The van der Waals surface area contributed by atoms with Crippen molar-refractivity contribution in [3.63, 3.8) is 0 Å². The minimum atomic E-state index is -0.848. The van der Waals surface area contributed by atoms with Gasteiger partial charge in [0.15, 0.2) is 0 Å². The molecule has 3 rings (SSSR count). The van der Waals surface area contributed by atoms with Crippen LogP contribution >= 0.6 is 11.8 Å². The van der Waals surface area contributed by atoms with Crippen molar-refractivity contribution in [3.05, 3.63) is 35.9 Å². The molecule has 1 aromatic carbocycles. The minimum absolute atomic E-state index is 0.285. The van der Waals surface area contributed by atoms with Crippen LogP contribution < -0.4 is 11.1 Å². The standard InChI is InChI=1S/C17H21N3O4S/c1-17(2)12(16(23)24-3)20-14(22)11(15(20)25-17)19-13(21)10(18)9-7-5-4-6-8-9/h4-8,10-12,15H,18H2,1-3H3,(H,19,21)/t10?,11-,12-,15-/m1/s1. The number of benzene rings is 1. The summed E-state index contributed by atoms with van der Waals surface area (Å²) in [6.07, 6.45) is 0. The minimum Gasteiger partial charge on any atom is -0.467 e. The molecule has 0 spiro atoms. The predicted octanol–water partition coefficient (Wildman–Crippen LogP) is 0.407. The molecule has 7 nitrogen and oxygen atoms in total. The van der Waals surface area contributed by atoms with Gasteiger partial charge in [-0.1, -0.05) is 30.3 Å². The van der Waals surface area contributed by atoms with Crippen LogP contribution in [0.4, 0.5) is 0 Å². The number of methoxy groups -OCH3 is 1. The number of carbonyl (C=O) groups excluding carboxylic acids is 3. The van der Waals surface area contributed by atoms with E-state index in [0.29, 0.717) is 5.56 Å². The number of hydrogen-bond donors (Lipinski definition) is 2. The number of hydrogen-bond acceptors (Lipinski definition) is 6. The van der Waals surface area contributed by atoms with Gasteiger partial charge in [-0.05, 0) is 19.4 Å². The Morgan fingerprint density at radius 2 is 1.96 bits per heavy atom. The Kier molecular flexibility index (Phi) is 4.51. The van der Waals surface area contributed by atoms with Gasteiger partial charge in [0.2, 0.25) is 11.8 Å². The van der Waals surface area contributed by atoms with Gasteiger partial charge in [0.05, 0.1) is 7.11 Å². The highest BCUT2D eigenvalue weighted by molar-refractivity contribution is 8.01. The van der Waals surface area contributed by atoms with Gasteiger partial charge in [-0.2, -0.15) is 0 Å². The molecule has 4 atom stereocenters. The summed E-state index contributed by atoms with van der Waals surface area (Å²) in [6.45, 7) is 3.78. The third-order valence-electron chi connectivity index (χ3n) is 4.60. The molecule has 0 radical (unpaired) electrons. The van der Waals surface area contributed by atoms with Gasteiger partial charge < -0.3 is 20.7 Å². The molecular weight excluding hydrogens is 342 g/mol. The van der Waals surface area contributed by atoms with Gasteiger partial charge in [-0.25, -0.2) is 4.79 Å². The molecule has 1 unspecified atom stereocenters. The molecule has 0 aromatic heterocycles. The van der Waals surface area contributed by atoms with Crippen molar-refractivity contribution >= 4 is 29.5 Å². The summed E-state index contributed by atoms with van der Waals surface area (Å²) in [5.74, 6) is -1.14. The van der Waals surface area contributed by atoms with Crippen LogP contribution in [0.3, 0.4) is 0 Å². The Morgan fingerprint density at radius 3 is 2.56 bits per heavy atom. The van der Waals surface area contributed by atoms with Crippen LogP contribution in [0.2, 0.25) is 0 Å². The van der Waals surface area contributed by atoms with Crippen molar-refractivity contribution < 1.29 is 19.1 Å². The maximum Gasteiger partial charge on any atom is 0.330 e. The van der Waals surface area contributed by atoms with Gasteiger partial charge in [-0.15, -0.1) is 11.8 Å². The summed E-state index contributed by atoms with van der Waals surface area (Å²) in [5.41, 5.74) is 6.66. The van der Waals surface area contributed by atoms with E-state index < -0.39 is 34.7 Å². The van der Waals surface area contributed by atoms with Crippen molar-refractivity contribution in [3.8, 4) is 0 Å². The number of amides is 2. The summed E-state index contributed by atoms with van der Waals surface area (Å²) >= 11 is 1.48. The highest BCUT2D eigenvalue weighted by Crippen LogP contribution is 2.51. The molecule has 2 fully saturated rings. The zero-order valence-corrected chi connectivity index (χ0v) is 15.1. The number of esters is 1. The Morgan fingerprint density at radius 1 is 1.32 bits per heavy atom. The topological polar surface area (TPSA) is 102 Å². The third-order valence-corrected chi connectivity index (χ3v) is 6.18. The SMILES string of the molecule is COC(=O)[C@H]1N2C(=O)[C@@H](NC(=O)C(N)c3ccccc3)[C@H]2SC1(C)C. The Labute approximate surface area is 150 Å². The lowest BCUT2D eigenvalue weighted by atomic mass is 9.95. The lowest BCUT2D eigenvalue weighted by Crippen LogP contribution is -2.71. The molecule has 8 heteroatoms. The Balaban J connectivity index is 1.71. The van der Waals surface area contributed by atoms with Crippen molar-refractivity contribution in [2.75, 3.05) is 7.11 Å². The van der Waals surface area contributed by atoms with E-state index in [2.05, 4.69) is 5.32 Å². The predicted molar refractivity (Wildman–Crippen MR) is 93.4 cm³/mol. The molecule has 2 saturated heterocycles. The fraction of sp³-hybridized carbons (Fsp3) is 0.471. The van der Waals surface area contributed by atoms with Crippen molar-refractivity contribution in [2.24, 2.45) is 5.73 Å². The normalized spacial score (nSPS) is 27.9. The van der Waals surface area contributed by atoms with E-state index in [9.17, 15) is 14.4 Å². The number of thioether (sulfide) groups is 1. The summed E-state index contributed by atoms with van der Waals surface area (Å²) in [6, 6.07) is 6.78. The maximum absolute atomic E-state index is 12.5. The maximum atomic E-state index is 12.5. The van der Waals surface area contributed by atoms with Crippen LogP contribution in [0.15, 0.2) is 30.3 Å². The largest absolute Gasteiger partial charge is 0.467 e. The quantitative estimate of drug-likeness (QED) is 0.593. The van der Waals surface area contributed by atoms with Gasteiger partial charge in [-0.3, -0.25) is 9.59 Å². The van der Waals surface area contributed by atoms with E-state index in [1.807, 2.05) is 19.9 Å². The first-order valence-electron chi connectivity index (χ1n) is 7.96. The zero-order valence-electron chi connectivity index (χ0n) is 14.3. The molecule has 2 aliphatic heterocycles. The fourth-order valence-corrected chi connectivity index (χ4v) is 4.91. The number of nitrogens with zero attached hydrogens (tertiary/aromatic N) is 1. The molecule has 3 N–H and O–H groups in total. The molecule has 25 heavy (non-hydrogen) atoms. The second-order valence-electron chi connectivity index (χ2n) is 6.66. The van der Waals surface area contributed by atoms with E-state index >= 15 is 0 Å². The molecule has 2 heterocycles. The van der Waals surface area contributed by atoms with Crippen LogP contribution in [-0.4, -0.2) is 52.0 Å². The summed E-state index contributed by atoms with van der Waals surface area (Å²) < 4.78 is 4.34. The van der Waals surface area contributed by atoms with Crippen molar-refractivity contribution in [1.29, 1.82) is 0 Å². The van der Waals surface area contributed by atoms with Crippen LogP contribution in [0.5, 0.6) is 0 Å². The van der Waals surface area contributed by atoms with E-state index in [1.54, 1.807) is 24.3 Å². The van der Waals surface area contributed by atoms with Crippen LogP contribution in [-0.2, 0) is 19.1 Å². The lowest BCUT2D eigenvalue weighted by Gasteiger charge is -2.44. The van der Waals surface area contributed by atoms with E-state index in [4.69, 9.17) is 10.5 Å². The van der Waals surface area contributed by atoms with Gasteiger partial charge in [0, 0.05) is 4.75 Å². The first kappa shape index (κ1) is 17.8. The van der Waals surface area contributed by atoms with Gasteiger partial charge in [0.25, 0.3) is 0 Å². The number of β-lactam (4-membered cyclic amide) rings is 1. The van der Waals surface area contributed by atoms with Crippen LogP contribution in [0.25, 0.3) is 0 Å². The molecule has 0 saturated carbocycles. The summed E-state index contributed by atoms with van der Waals surface area (Å²) in [4.78, 5) is 38.5. The second kappa shape index (κ2) is 6.34. The molecule has 2 aliphatic rings. The van der Waals surface area contributed by atoms with E-state index in [0.717, 1.165) is 0 Å². The lowest BCUT2D eigenvalue weighted by molar-refractivity contribution is -0.162. The number of nitrogens with two attached hydrogens (primary N) is 1. The van der Waals surface area contributed by atoms with E-state index in [-0.39, 0.29) is 11.3 Å². The number of nitrogens with one attached hydrogen (secondary N) is 1. The van der Waals surface area contributed by atoms with Gasteiger partial charge in [0.1, 0.15) is 23.5 Å². The van der Waals surface area contributed by atoms with Crippen molar-refractivity contribution in [2.45, 2.75) is 42.1 Å². The van der Waals surface area contributed by atoms with Crippen molar-refractivity contribution in [1.82, 2.24) is 10.2 Å². The van der Waals surface area contributed by atoms with Crippen LogP contribution in [0, 0.1) is 0 Å². The number of rotatable bonds is 4. The van der Waals surface area contributed by atoms with Gasteiger partial charge >= 0.3 is 5.97 Å². The first-order valence-corrected chi connectivity index (χ1v) is 8.84. The molecular formula is C17H21N3O4S. The molecule has 0 aliphatic carbocycles. The molecule has 134 valence electrons. The molecule has 2 amide bonds. The highest BCUT2D eigenvalue weighted by Gasteiger charge is 2.64. The summed E-state index contributed by atoms with van der Waals surface area (Å²) in [5, 5.41) is 2.43. The molecule has 0 bridgehead atoms. The Hall–Kier alpha value is -2.06. The first-order chi connectivity index (χ1) is 11.8. The van der Waals surface area contributed by atoms with E-state index in [1.165, 1.54) is 23.8 Å². The summed E-state index contributed by atoms with van der Waals surface area (Å²) in [7, 11) is 1.30. The highest BCUT2D eigenvalue weighted by atomic mass is 32.2. The number of carbonyl (C=O) groups is 3. The monoisotopic (exact) mass is 363 g/mol. The number of fused-ring (bicyclic) bond motifs is 1. The Bertz CT molecular complexity index is 709. The molecule has 1 aromatic rings. The average molecular weight is 363 g/mol. The fourth-order valence-electron chi connectivity index (χ4n) is 3.29. The zero-order chi connectivity index (χ0) is 18.4. The average Bonchev–Trinajstić information content (AvgIpc) is 2.86. The van der Waals surface area contributed by atoms with Crippen LogP contribution in [0.1, 0.15) is 25.5 Å². The smallest absolute Gasteiger partial charge is 0.330 e. The third kappa shape index (κ3) is 2.89. The second-order valence-corrected chi connectivity index (χ2v) is 8.43.